The zero-order valence-electron chi connectivity index (χ0n) is 11.3. The van der Waals surface area contributed by atoms with Gasteiger partial charge in [0.2, 0.25) is 0 Å². The van der Waals surface area contributed by atoms with E-state index in [4.69, 9.17) is 0 Å². The van der Waals surface area contributed by atoms with Gasteiger partial charge in [-0.1, -0.05) is 37.6 Å². The Morgan fingerprint density at radius 1 is 0.789 bits per heavy atom. The first kappa shape index (κ1) is 13.3. The second-order valence-electron chi connectivity index (χ2n) is 5.35. The average Bonchev–Trinajstić information content (AvgIpc) is 2.31. The molecule has 0 radical (unpaired) electrons. The van der Waals surface area contributed by atoms with E-state index >= 15 is 0 Å². The maximum atomic E-state index is 10.0. The predicted molar refractivity (Wildman–Crippen MR) is 74.7 cm³/mol. The minimum Gasteiger partial charge on any atom is -0.508 e. The van der Waals surface area contributed by atoms with Gasteiger partial charge in [-0.2, -0.15) is 0 Å². The minimum absolute atomic E-state index is 0.0190. The molecule has 0 fully saturated rings. The van der Waals surface area contributed by atoms with Gasteiger partial charge < -0.3 is 15.3 Å². The SMILES string of the molecule is Cc1ccc(O)c(C(C)(C)c2ccc(O)cc2O)c1. The van der Waals surface area contributed by atoms with E-state index in [1.54, 1.807) is 12.1 Å². The van der Waals surface area contributed by atoms with Crippen molar-refractivity contribution in [3.05, 3.63) is 53.1 Å². The lowest BCUT2D eigenvalue weighted by Gasteiger charge is -2.28. The molecule has 3 N–H and O–H groups in total. The summed E-state index contributed by atoms with van der Waals surface area (Å²) in [7, 11) is 0. The van der Waals surface area contributed by atoms with Gasteiger partial charge in [-0.05, 0) is 19.1 Å². The topological polar surface area (TPSA) is 60.7 Å². The normalized spacial score (nSPS) is 11.5. The number of hydrogen-bond donors (Lipinski definition) is 3. The number of aryl methyl sites for hydroxylation is 1. The van der Waals surface area contributed by atoms with Crippen LogP contribution < -0.4 is 0 Å². The van der Waals surface area contributed by atoms with Crippen molar-refractivity contribution in [2.75, 3.05) is 0 Å². The van der Waals surface area contributed by atoms with Crippen LogP contribution in [0.5, 0.6) is 17.2 Å². The van der Waals surface area contributed by atoms with Crippen LogP contribution >= 0.6 is 0 Å². The van der Waals surface area contributed by atoms with Gasteiger partial charge in [0.05, 0.1) is 0 Å². The zero-order chi connectivity index (χ0) is 14.2. The van der Waals surface area contributed by atoms with Gasteiger partial charge >= 0.3 is 0 Å². The van der Waals surface area contributed by atoms with Crippen molar-refractivity contribution < 1.29 is 15.3 Å². The fourth-order valence-corrected chi connectivity index (χ4v) is 2.34. The van der Waals surface area contributed by atoms with Crippen molar-refractivity contribution in [2.45, 2.75) is 26.2 Å². The van der Waals surface area contributed by atoms with Crippen LogP contribution in [0.15, 0.2) is 36.4 Å². The zero-order valence-corrected chi connectivity index (χ0v) is 11.3. The molecule has 0 atom stereocenters. The monoisotopic (exact) mass is 258 g/mol. The Morgan fingerprint density at radius 3 is 2.11 bits per heavy atom. The van der Waals surface area contributed by atoms with Crippen molar-refractivity contribution in [3.8, 4) is 17.2 Å². The van der Waals surface area contributed by atoms with Crippen LogP contribution in [0.3, 0.4) is 0 Å². The quantitative estimate of drug-likeness (QED) is 0.773. The molecule has 0 bridgehead atoms. The number of aromatic hydroxyl groups is 3. The summed E-state index contributed by atoms with van der Waals surface area (Å²) in [6, 6.07) is 9.91. The van der Waals surface area contributed by atoms with Gasteiger partial charge in [0.25, 0.3) is 0 Å². The summed E-state index contributed by atoms with van der Waals surface area (Å²) in [5, 5.41) is 29.4. The Balaban J connectivity index is 2.61. The fraction of sp³-hybridized carbons (Fsp3) is 0.250. The van der Waals surface area contributed by atoms with Crippen LogP contribution in [0.25, 0.3) is 0 Å². The van der Waals surface area contributed by atoms with Crippen molar-refractivity contribution in [2.24, 2.45) is 0 Å². The third-order valence-electron chi connectivity index (χ3n) is 3.48. The molecule has 3 nitrogen and oxygen atoms in total. The molecule has 0 amide bonds. The largest absolute Gasteiger partial charge is 0.508 e. The van der Waals surface area contributed by atoms with Crippen molar-refractivity contribution in [1.82, 2.24) is 0 Å². The number of rotatable bonds is 2. The van der Waals surface area contributed by atoms with E-state index in [9.17, 15) is 15.3 Å². The summed E-state index contributed by atoms with van der Waals surface area (Å²) in [5.41, 5.74) is 1.88. The Kier molecular flexibility index (Phi) is 3.14. The highest BCUT2D eigenvalue weighted by Crippen LogP contribution is 2.41. The maximum absolute atomic E-state index is 10.0. The Bertz CT molecular complexity index is 615. The molecule has 2 rings (SSSR count). The van der Waals surface area contributed by atoms with Gasteiger partial charge in [0.1, 0.15) is 17.2 Å². The lowest BCUT2D eigenvalue weighted by molar-refractivity contribution is 0.427. The second kappa shape index (κ2) is 4.50. The number of benzene rings is 2. The maximum Gasteiger partial charge on any atom is 0.123 e. The summed E-state index contributed by atoms with van der Waals surface area (Å²) in [4.78, 5) is 0. The van der Waals surface area contributed by atoms with Crippen molar-refractivity contribution in [3.63, 3.8) is 0 Å². The van der Waals surface area contributed by atoms with Crippen molar-refractivity contribution >= 4 is 0 Å². The number of phenols is 3. The van der Waals surface area contributed by atoms with Crippen LogP contribution in [-0.4, -0.2) is 15.3 Å². The first-order valence-corrected chi connectivity index (χ1v) is 6.15. The Labute approximate surface area is 112 Å². The molecule has 2 aromatic carbocycles. The molecule has 0 heterocycles. The number of hydrogen-bond acceptors (Lipinski definition) is 3. The summed E-state index contributed by atoms with van der Waals surface area (Å²) >= 11 is 0. The molecule has 0 saturated carbocycles. The molecule has 0 aliphatic rings. The third-order valence-corrected chi connectivity index (χ3v) is 3.48. The number of phenolic OH excluding ortho intramolecular Hbond substituents is 3. The molecule has 0 aliphatic carbocycles. The molecule has 0 unspecified atom stereocenters. The van der Waals surface area contributed by atoms with Gasteiger partial charge in [0.15, 0.2) is 0 Å². The molecular formula is C16H18O3. The van der Waals surface area contributed by atoms with E-state index in [0.29, 0.717) is 5.56 Å². The van der Waals surface area contributed by atoms with E-state index < -0.39 is 5.41 Å². The molecule has 0 saturated heterocycles. The molecule has 100 valence electrons. The summed E-state index contributed by atoms with van der Waals surface area (Å²) < 4.78 is 0. The van der Waals surface area contributed by atoms with Gasteiger partial charge in [0, 0.05) is 22.6 Å². The highest BCUT2D eigenvalue weighted by molar-refractivity contribution is 5.52. The molecule has 2 aromatic rings. The van der Waals surface area contributed by atoms with Crippen molar-refractivity contribution in [1.29, 1.82) is 0 Å². The molecular weight excluding hydrogens is 240 g/mol. The lowest BCUT2D eigenvalue weighted by Crippen LogP contribution is -2.19. The standard InChI is InChI=1S/C16H18O3/c1-10-4-7-14(18)13(8-10)16(2,3)12-6-5-11(17)9-15(12)19/h4-9,17-19H,1-3H3. The highest BCUT2D eigenvalue weighted by atomic mass is 16.3. The van der Waals surface area contributed by atoms with Crippen LogP contribution in [-0.2, 0) is 5.41 Å². The Morgan fingerprint density at radius 2 is 1.47 bits per heavy atom. The first-order chi connectivity index (χ1) is 8.82. The molecule has 0 spiro atoms. The fourth-order valence-electron chi connectivity index (χ4n) is 2.34. The smallest absolute Gasteiger partial charge is 0.123 e. The molecule has 19 heavy (non-hydrogen) atoms. The van der Waals surface area contributed by atoms with Gasteiger partial charge in [-0.15, -0.1) is 0 Å². The van der Waals surface area contributed by atoms with Crippen LogP contribution in [0.4, 0.5) is 0 Å². The summed E-state index contributed by atoms with van der Waals surface area (Å²) in [5.74, 6) is 0.236. The lowest BCUT2D eigenvalue weighted by atomic mass is 9.76. The average molecular weight is 258 g/mol. The minimum atomic E-state index is -0.562. The van der Waals surface area contributed by atoms with Crippen LogP contribution in [0, 0.1) is 6.92 Å². The third kappa shape index (κ3) is 2.36. The van der Waals surface area contributed by atoms with E-state index in [-0.39, 0.29) is 17.2 Å². The summed E-state index contributed by atoms with van der Waals surface area (Å²) in [6.07, 6.45) is 0. The molecule has 0 aliphatic heterocycles. The van der Waals surface area contributed by atoms with Gasteiger partial charge in [-0.3, -0.25) is 0 Å². The van der Waals surface area contributed by atoms with E-state index in [1.165, 1.54) is 12.1 Å². The van der Waals surface area contributed by atoms with Gasteiger partial charge in [-0.25, -0.2) is 0 Å². The van der Waals surface area contributed by atoms with Crippen LogP contribution in [0.2, 0.25) is 0 Å². The molecule has 3 heteroatoms. The predicted octanol–water partition coefficient (Wildman–Crippen LogP) is 3.44. The summed E-state index contributed by atoms with van der Waals surface area (Å²) in [6.45, 7) is 5.80. The van der Waals surface area contributed by atoms with E-state index in [1.807, 2.05) is 32.9 Å². The Hall–Kier alpha value is -2.16. The van der Waals surface area contributed by atoms with E-state index in [2.05, 4.69) is 0 Å². The molecule has 0 aromatic heterocycles. The van der Waals surface area contributed by atoms with E-state index in [0.717, 1.165) is 11.1 Å². The first-order valence-electron chi connectivity index (χ1n) is 6.15. The second-order valence-corrected chi connectivity index (χ2v) is 5.35. The highest BCUT2D eigenvalue weighted by Gasteiger charge is 2.29. The van der Waals surface area contributed by atoms with Crippen LogP contribution in [0.1, 0.15) is 30.5 Å².